The Hall–Kier alpha value is -2.28. The molecule has 0 saturated heterocycles. The minimum absolute atomic E-state index is 0.102. The number of esters is 1. The molecule has 7 heteroatoms. The van der Waals surface area contributed by atoms with Crippen molar-refractivity contribution in [2.75, 3.05) is 12.4 Å². The molecule has 1 N–H and O–H groups in total. The number of ether oxygens (including phenoxy) is 1. The molecule has 128 valence electrons. The second-order valence-corrected chi connectivity index (χ2v) is 6.47. The van der Waals surface area contributed by atoms with Crippen molar-refractivity contribution in [1.29, 1.82) is 0 Å². The van der Waals surface area contributed by atoms with Crippen molar-refractivity contribution in [3.05, 3.63) is 40.9 Å². The van der Waals surface area contributed by atoms with Crippen molar-refractivity contribution in [2.24, 2.45) is 0 Å². The summed E-state index contributed by atoms with van der Waals surface area (Å²) in [5, 5.41) is 12.2. The Morgan fingerprint density at radius 2 is 1.96 bits per heavy atom. The maximum Gasteiger partial charge on any atom is 0.305 e. The van der Waals surface area contributed by atoms with Crippen molar-refractivity contribution < 1.29 is 14.3 Å². The molecule has 0 aliphatic carbocycles. The highest BCUT2D eigenvalue weighted by Crippen LogP contribution is 2.21. The first kappa shape index (κ1) is 18.1. The molecule has 0 fully saturated rings. The van der Waals surface area contributed by atoms with Crippen LogP contribution in [-0.4, -0.2) is 29.2 Å². The number of unbranched alkanes of at least 4 members (excludes halogenated alkanes) is 1. The van der Waals surface area contributed by atoms with Gasteiger partial charge in [-0.25, -0.2) is 0 Å². The van der Waals surface area contributed by atoms with E-state index in [0.29, 0.717) is 11.6 Å². The number of nitrogens with one attached hydrogen (secondary N) is 1. The predicted octanol–water partition coefficient (Wildman–Crippen LogP) is 3.17. The molecular formula is C17H21N3O3S. The number of hydrogen-bond donors (Lipinski definition) is 1. The SMILES string of the molecule is COC(=O)CCCCc1nnc(NC(=O)C(C)c2ccccc2)s1. The van der Waals surface area contributed by atoms with E-state index in [2.05, 4.69) is 20.3 Å². The van der Waals surface area contributed by atoms with E-state index in [4.69, 9.17) is 0 Å². The highest BCUT2D eigenvalue weighted by Gasteiger charge is 2.16. The summed E-state index contributed by atoms with van der Waals surface area (Å²) in [4.78, 5) is 23.3. The van der Waals surface area contributed by atoms with Gasteiger partial charge in [0.05, 0.1) is 13.0 Å². The van der Waals surface area contributed by atoms with Gasteiger partial charge in [0, 0.05) is 12.8 Å². The Bertz CT molecular complexity index is 673. The van der Waals surface area contributed by atoms with Crippen LogP contribution in [0, 0.1) is 0 Å². The molecule has 1 atom stereocenters. The second kappa shape index (κ2) is 9.12. The Morgan fingerprint density at radius 3 is 2.67 bits per heavy atom. The van der Waals surface area contributed by atoms with Crippen LogP contribution in [0.2, 0.25) is 0 Å². The zero-order chi connectivity index (χ0) is 17.4. The fourth-order valence-corrected chi connectivity index (χ4v) is 2.94. The Labute approximate surface area is 145 Å². The normalized spacial score (nSPS) is 11.8. The zero-order valence-electron chi connectivity index (χ0n) is 13.8. The number of aryl methyl sites for hydroxylation is 1. The van der Waals surface area contributed by atoms with E-state index in [-0.39, 0.29) is 17.8 Å². The van der Waals surface area contributed by atoms with Crippen molar-refractivity contribution in [2.45, 2.75) is 38.5 Å². The third-order valence-corrected chi connectivity index (χ3v) is 4.54. The number of carbonyl (C=O) groups excluding carboxylic acids is 2. The van der Waals surface area contributed by atoms with Crippen LogP contribution in [0.15, 0.2) is 30.3 Å². The van der Waals surface area contributed by atoms with E-state index in [1.54, 1.807) is 0 Å². The quantitative estimate of drug-likeness (QED) is 0.586. The number of hydrogen-bond acceptors (Lipinski definition) is 6. The van der Waals surface area contributed by atoms with E-state index in [9.17, 15) is 9.59 Å². The summed E-state index contributed by atoms with van der Waals surface area (Å²) in [6.45, 7) is 1.86. The van der Waals surface area contributed by atoms with E-state index in [0.717, 1.165) is 29.8 Å². The molecule has 2 rings (SSSR count). The minimum atomic E-state index is -0.251. The lowest BCUT2D eigenvalue weighted by molar-refractivity contribution is -0.140. The summed E-state index contributed by atoms with van der Waals surface area (Å²) in [7, 11) is 1.39. The maximum atomic E-state index is 12.3. The lowest BCUT2D eigenvalue weighted by atomic mass is 10.0. The highest BCUT2D eigenvalue weighted by molar-refractivity contribution is 7.15. The molecule has 0 bridgehead atoms. The van der Waals surface area contributed by atoms with Crippen molar-refractivity contribution in [1.82, 2.24) is 10.2 Å². The summed E-state index contributed by atoms with van der Waals surface area (Å²) < 4.78 is 4.60. The molecule has 24 heavy (non-hydrogen) atoms. The average molecular weight is 347 g/mol. The molecule has 1 aromatic heterocycles. The van der Waals surface area contributed by atoms with Crippen LogP contribution in [0.1, 0.15) is 42.7 Å². The molecule has 1 heterocycles. The average Bonchev–Trinajstić information content (AvgIpc) is 3.05. The van der Waals surface area contributed by atoms with Gasteiger partial charge < -0.3 is 10.1 Å². The molecule has 1 aromatic carbocycles. The van der Waals surface area contributed by atoms with E-state index < -0.39 is 0 Å². The monoisotopic (exact) mass is 347 g/mol. The van der Waals surface area contributed by atoms with Crippen LogP contribution >= 0.6 is 11.3 Å². The number of amides is 1. The lowest BCUT2D eigenvalue weighted by Crippen LogP contribution is -2.18. The molecule has 0 radical (unpaired) electrons. The number of rotatable bonds is 8. The molecule has 1 amide bonds. The number of anilines is 1. The van der Waals surface area contributed by atoms with Gasteiger partial charge in [0.1, 0.15) is 5.01 Å². The van der Waals surface area contributed by atoms with E-state index in [1.807, 2.05) is 37.3 Å². The van der Waals surface area contributed by atoms with Crippen LogP contribution in [0.4, 0.5) is 5.13 Å². The van der Waals surface area contributed by atoms with Crippen LogP contribution in [0.25, 0.3) is 0 Å². The molecule has 2 aromatic rings. The van der Waals surface area contributed by atoms with Crippen LogP contribution in [0.3, 0.4) is 0 Å². The molecular weight excluding hydrogens is 326 g/mol. The summed E-state index contributed by atoms with van der Waals surface area (Å²) in [6.07, 6.45) is 2.73. The van der Waals surface area contributed by atoms with Crippen LogP contribution < -0.4 is 5.32 Å². The van der Waals surface area contributed by atoms with Gasteiger partial charge >= 0.3 is 5.97 Å². The summed E-state index contributed by atoms with van der Waals surface area (Å²) >= 11 is 1.37. The lowest BCUT2D eigenvalue weighted by Gasteiger charge is -2.10. The predicted molar refractivity (Wildman–Crippen MR) is 93.0 cm³/mol. The molecule has 0 aliphatic heterocycles. The number of nitrogens with zero attached hydrogens (tertiary/aromatic N) is 2. The first-order valence-electron chi connectivity index (χ1n) is 7.85. The minimum Gasteiger partial charge on any atom is -0.469 e. The standard InChI is InChI=1S/C17H21N3O3S/c1-12(13-8-4-3-5-9-13)16(22)18-17-20-19-14(24-17)10-6-7-11-15(21)23-2/h3-5,8-9,12H,6-7,10-11H2,1-2H3,(H,18,20,22). The molecule has 6 nitrogen and oxygen atoms in total. The van der Waals surface area contributed by atoms with Gasteiger partial charge in [-0.3, -0.25) is 9.59 Å². The second-order valence-electron chi connectivity index (χ2n) is 5.41. The Kier molecular flexibility index (Phi) is 6.87. The van der Waals surface area contributed by atoms with Gasteiger partial charge in [0.2, 0.25) is 11.0 Å². The topological polar surface area (TPSA) is 81.2 Å². The van der Waals surface area contributed by atoms with Crippen molar-refractivity contribution in [3.8, 4) is 0 Å². The van der Waals surface area contributed by atoms with Gasteiger partial charge in [0.15, 0.2) is 0 Å². The van der Waals surface area contributed by atoms with Gasteiger partial charge in [-0.1, -0.05) is 41.7 Å². The van der Waals surface area contributed by atoms with Crippen LogP contribution in [0.5, 0.6) is 0 Å². The molecule has 0 saturated carbocycles. The summed E-state index contributed by atoms with van der Waals surface area (Å²) in [5.74, 6) is -0.552. The number of methoxy groups -OCH3 is 1. The summed E-state index contributed by atoms with van der Waals surface area (Å²) in [6, 6.07) is 9.60. The number of carbonyl (C=O) groups is 2. The molecule has 1 unspecified atom stereocenters. The molecule has 0 spiro atoms. The fourth-order valence-electron chi connectivity index (χ4n) is 2.16. The zero-order valence-corrected chi connectivity index (χ0v) is 14.6. The highest BCUT2D eigenvalue weighted by atomic mass is 32.1. The fraction of sp³-hybridized carbons (Fsp3) is 0.412. The van der Waals surface area contributed by atoms with E-state index >= 15 is 0 Å². The third kappa shape index (κ3) is 5.42. The van der Waals surface area contributed by atoms with Crippen molar-refractivity contribution >= 4 is 28.3 Å². The number of benzene rings is 1. The van der Waals surface area contributed by atoms with Gasteiger partial charge in [-0.2, -0.15) is 0 Å². The summed E-state index contributed by atoms with van der Waals surface area (Å²) in [5.41, 5.74) is 0.961. The van der Waals surface area contributed by atoms with Gasteiger partial charge in [-0.15, -0.1) is 10.2 Å². The first-order valence-corrected chi connectivity index (χ1v) is 8.67. The maximum absolute atomic E-state index is 12.3. The van der Waals surface area contributed by atoms with Crippen molar-refractivity contribution in [3.63, 3.8) is 0 Å². The van der Waals surface area contributed by atoms with Gasteiger partial charge in [0.25, 0.3) is 0 Å². The number of aromatic nitrogens is 2. The smallest absolute Gasteiger partial charge is 0.305 e. The Morgan fingerprint density at radius 1 is 1.21 bits per heavy atom. The van der Waals surface area contributed by atoms with Gasteiger partial charge in [-0.05, 0) is 25.3 Å². The first-order chi connectivity index (χ1) is 11.6. The van der Waals surface area contributed by atoms with Crippen LogP contribution in [-0.2, 0) is 20.7 Å². The largest absolute Gasteiger partial charge is 0.469 e. The Balaban J connectivity index is 1.80. The third-order valence-electron chi connectivity index (χ3n) is 3.64. The van der Waals surface area contributed by atoms with E-state index in [1.165, 1.54) is 18.4 Å². The molecule has 0 aliphatic rings.